The first-order valence-electron chi connectivity index (χ1n) is 9.35. The lowest BCUT2D eigenvalue weighted by Crippen LogP contribution is -2.33. The fourth-order valence-corrected chi connectivity index (χ4v) is 3.39. The van der Waals surface area contributed by atoms with Gasteiger partial charge in [0.25, 0.3) is 0 Å². The number of hydrogen-bond donors (Lipinski definition) is 2. The zero-order valence-electron chi connectivity index (χ0n) is 15.3. The number of hydrogen-bond acceptors (Lipinski definition) is 4. The molecule has 0 atom stereocenters. The van der Waals surface area contributed by atoms with Crippen molar-refractivity contribution >= 4 is 5.91 Å². The number of nitrogens with zero attached hydrogens (tertiary/aromatic N) is 3. The lowest BCUT2D eigenvalue weighted by molar-refractivity contribution is -0.122. The van der Waals surface area contributed by atoms with Crippen molar-refractivity contribution in [3.63, 3.8) is 0 Å². The number of carbonyl (C=O) groups is 1. The summed E-state index contributed by atoms with van der Waals surface area (Å²) in [6.07, 6.45) is 2.99. The predicted molar refractivity (Wildman–Crippen MR) is 99.7 cm³/mol. The van der Waals surface area contributed by atoms with Crippen molar-refractivity contribution in [2.24, 2.45) is 5.92 Å². The van der Waals surface area contributed by atoms with E-state index in [9.17, 15) is 9.59 Å². The maximum atomic E-state index is 12.5. The lowest BCUT2D eigenvalue weighted by atomic mass is 9.94. The van der Waals surface area contributed by atoms with Crippen molar-refractivity contribution in [3.05, 3.63) is 52.2 Å². The molecule has 7 nitrogen and oxygen atoms in total. The van der Waals surface area contributed by atoms with Crippen LogP contribution in [-0.2, 0) is 30.8 Å². The Morgan fingerprint density at radius 3 is 2.69 bits per heavy atom. The Labute approximate surface area is 153 Å². The first-order valence-corrected chi connectivity index (χ1v) is 9.35. The molecule has 2 heterocycles. The molecule has 2 N–H and O–H groups in total. The molecular formula is C19H27N5O2. The zero-order valence-corrected chi connectivity index (χ0v) is 15.3. The summed E-state index contributed by atoms with van der Waals surface area (Å²) in [6, 6.07) is 9.71. The summed E-state index contributed by atoms with van der Waals surface area (Å²) in [5, 5.41) is 10.7. The van der Waals surface area contributed by atoms with Gasteiger partial charge in [-0.25, -0.2) is 9.48 Å². The molecule has 1 fully saturated rings. The number of aromatic nitrogens is 3. The van der Waals surface area contributed by atoms with E-state index in [-0.39, 0.29) is 18.1 Å². The van der Waals surface area contributed by atoms with Crippen LogP contribution in [0, 0.1) is 5.92 Å². The van der Waals surface area contributed by atoms with Crippen molar-refractivity contribution < 1.29 is 4.79 Å². The summed E-state index contributed by atoms with van der Waals surface area (Å²) in [4.78, 5) is 24.8. The van der Waals surface area contributed by atoms with Gasteiger partial charge in [-0.1, -0.05) is 30.3 Å². The minimum atomic E-state index is -0.204. The number of amides is 1. The van der Waals surface area contributed by atoms with Gasteiger partial charge in [-0.15, -0.1) is 0 Å². The normalized spacial score (nSPS) is 15.1. The van der Waals surface area contributed by atoms with Crippen LogP contribution in [0.5, 0.6) is 0 Å². The van der Waals surface area contributed by atoms with Crippen molar-refractivity contribution in [2.75, 3.05) is 13.1 Å². The van der Waals surface area contributed by atoms with Crippen LogP contribution in [0.2, 0.25) is 0 Å². The third-order valence-electron chi connectivity index (χ3n) is 4.87. The van der Waals surface area contributed by atoms with E-state index < -0.39 is 0 Å². The maximum absolute atomic E-state index is 12.5. The summed E-state index contributed by atoms with van der Waals surface area (Å²) < 4.78 is 2.98. The second-order valence-electron chi connectivity index (χ2n) is 6.76. The van der Waals surface area contributed by atoms with E-state index in [0.29, 0.717) is 19.0 Å². The highest BCUT2D eigenvalue weighted by Gasteiger charge is 2.20. The molecule has 1 aliphatic rings. The second-order valence-corrected chi connectivity index (χ2v) is 6.76. The smallest absolute Gasteiger partial charge is 0.346 e. The maximum Gasteiger partial charge on any atom is 0.346 e. The quantitative estimate of drug-likeness (QED) is 0.772. The predicted octanol–water partition coefficient (Wildman–Crippen LogP) is 0.923. The number of rotatable bonds is 7. The second kappa shape index (κ2) is 8.80. The van der Waals surface area contributed by atoms with Crippen LogP contribution in [0.4, 0.5) is 0 Å². The minimum Gasteiger partial charge on any atom is -0.350 e. The Kier molecular flexibility index (Phi) is 6.22. The fraction of sp³-hybridized carbons (Fsp3) is 0.526. The van der Waals surface area contributed by atoms with Crippen molar-refractivity contribution in [1.29, 1.82) is 0 Å². The number of nitrogens with one attached hydrogen (secondary N) is 2. The van der Waals surface area contributed by atoms with E-state index in [1.165, 1.54) is 4.68 Å². The molecule has 0 bridgehead atoms. The van der Waals surface area contributed by atoms with Gasteiger partial charge in [-0.2, -0.15) is 5.10 Å². The average molecular weight is 357 g/mol. The molecule has 0 radical (unpaired) electrons. The van der Waals surface area contributed by atoms with Crippen LogP contribution in [-0.4, -0.2) is 33.3 Å². The molecule has 3 rings (SSSR count). The molecule has 26 heavy (non-hydrogen) atoms. The summed E-state index contributed by atoms with van der Waals surface area (Å²) in [6.45, 7) is 4.95. The van der Waals surface area contributed by atoms with Gasteiger partial charge in [-0.05, 0) is 44.3 Å². The molecule has 1 aromatic carbocycles. The Bertz CT molecular complexity index is 775. The van der Waals surface area contributed by atoms with E-state index in [4.69, 9.17) is 0 Å². The minimum absolute atomic E-state index is 0.0438. The third kappa shape index (κ3) is 4.60. The van der Waals surface area contributed by atoms with Crippen molar-refractivity contribution in [2.45, 2.75) is 45.8 Å². The van der Waals surface area contributed by atoms with E-state index in [1.807, 2.05) is 37.3 Å². The van der Waals surface area contributed by atoms with Gasteiger partial charge in [0.15, 0.2) is 0 Å². The summed E-state index contributed by atoms with van der Waals surface area (Å²) in [5.74, 6) is 1.13. The van der Waals surface area contributed by atoms with Crippen LogP contribution in [0.15, 0.2) is 35.1 Å². The van der Waals surface area contributed by atoms with Crippen LogP contribution >= 0.6 is 0 Å². The van der Waals surface area contributed by atoms with Gasteiger partial charge in [-0.3, -0.25) is 9.36 Å². The molecule has 7 heteroatoms. The van der Waals surface area contributed by atoms with Gasteiger partial charge >= 0.3 is 5.69 Å². The summed E-state index contributed by atoms with van der Waals surface area (Å²) >= 11 is 0. The Hall–Kier alpha value is -2.41. The Morgan fingerprint density at radius 1 is 1.27 bits per heavy atom. The standard InChI is InChI=1S/C19H27N5O2/c1-2-23-17(12-15-8-10-20-11-9-15)22-24(19(23)26)14-18(25)21-13-16-6-4-3-5-7-16/h3-7,15,20H,2,8-14H2,1H3,(H,21,25). The van der Waals surface area contributed by atoms with Gasteiger partial charge in [0.2, 0.25) is 5.91 Å². The Morgan fingerprint density at radius 2 is 2.00 bits per heavy atom. The Balaban J connectivity index is 1.63. The van der Waals surface area contributed by atoms with Crippen molar-refractivity contribution in [1.82, 2.24) is 25.0 Å². The SMILES string of the molecule is CCn1c(CC2CCNCC2)nn(CC(=O)NCc2ccccc2)c1=O. The number of carbonyl (C=O) groups excluding carboxylic acids is 1. The monoisotopic (exact) mass is 357 g/mol. The molecule has 1 aliphatic heterocycles. The first-order chi connectivity index (χ1) is 12.7. The molecule has 1 amide bonds. The molecule has 0 spiro atoms. The van der Waals surface area contributed by atoms with E-state index in [2.05, 4.69) is 15.7 Å². The molecule has 2 aromatic rings. The lowest BCUT2D eigenvalue weighted by Gasteiger charge is -2.21. The highest BCUT2D eigenvalue weighted by atomic mass is 16.2. The molecule has 1 saturated heterocycles. The molecule has 1 aromatic heterocycles. The first kappa shape index (κ1) is 18.4. The zero-order chi connectivity index (χ0) is 18.4. The highest BCUT2D eigenvalue weighted by Crippen LogP contribution is 2.16. The highest BCUT2D eigenvalue weighted by molar-refractivity contribution is 5.75. The van der Waals surface area contributed by atoms with Crippen LogP contribution in [0.25, 0.3) is 0 Å². The van der Waals surface area contributed by atoms with Crippen LogP contribution in [0.3, 0.4) is 0 Å². The average Bonchev–Trinajstić information content (AvgIpc) is 2.96. The topological polar surface area (TPSA) is 81.0 Å². The molecular weight excluding hydrogens is 330 g/mol. The number of piperidine rings is 1. The molecule has 140 valence electrons. The largest absolute Gasteiger partial charge is 0.350 e. The van der Waals surface area contributed by atoms with Gasteiger partial charge in [0.1, 0.15) is 12.4 Å². The van der Waals surface area contributed by atoms with Crippen LogP contribution in [0.1, 0.15) is 31.2 Å². The number of benzene rings is 1. The third-order valence-corrected chi connectivity index (χ3v) is 4.87. The van der Waals surface area contributed by atoms with Crippen molar-refractivity contribution in [3.8, 4) is 0 Å². The molecule has 0 aliphatic carbocycles. The fourth-order valence-electron chi connectivity index (χ4n) is 3.39. The van der Waals surface area contributed by atoms with E-state index >= 15 is 0 Å². The summed E-state index contributed by atoms with van der Waals surface area (Å²) in [7, 11) is 0. The van der Waals surface area contributed by atoms with Gasteiger partial charge in [0, 0.05) is 19.5 Å². The summed E-state index contributed by atoms with van der Waals surface area (Å²) in [5.41, 5.74) is 0.824. The van der Waals surface area contributed by atoms with E-state index in [1.54, 1.807) is 4.57 Å². The van der Waals surface area contributed by atoms with Gasteiger partial charge in [0.05, 0.1) is 0 Å². The van der Waals surface area contributed by atoms with E-state index in [0.717, 1.165) is 43.7 Å². The molecule has 0 saturated carbocycles. The van der Waals surface area contributed by atoms with Gasteiger partial charge < -0.3 is 10.6 Å². The van der Waals surface area contributed by atoms with Crippen LogP contribution < -0.4 is 16.3 Å². The molecule has 0 unspecified atom stereocenters.